The second kappa shape index (κ2) is 8.03. The van der Waals surface area contributed by atoms with Crippen molar-refractivity contribution in [3.63, 3.8) is 0 Å². The van der Waals surface area contributed by atoms with E-state index in [1.165, 1.54) is 19.6 Å². The first-order valence-corrected chi connectivity index (χ1v) is 8.63. The number of nitrogens with zero attached hydrogens (tertiary/aromatic N) is 5. The molecule has 0 aliphatic heterocycles. The zero-order valence-electron chi connectivity index (χ0n) is 15.5. The molecule has 0 aliphatic rings. The van der Waals surface area contributed by atoms with Gasteiger partial charge in [-0.2, -0.15) is 18.3 Å². The van der Waals surface area contributed by atoms with E-state index in [-0.39, 0.29) is 6.54 Å². The number of alkyl halides is 3. The second-order valence-electron chi connectivity index (χ2n) is 6.59. The summed E-state index contributed by atoms with van der Waals surface area (Å²) in [6.07, 6.45) is -0.895. The van der Waals surface area contributed by atoms with Crippen LogP contribution in [0.2, 0.25) is 0 Å². The number of benzene rings is 1. The number of halogens is 3. The number of aryl methyl sites for hydroxylation is 1. The van der Waals surface area contributed by atoms with Crippen molar-refractivity contribution in [1.82, 2.24) is 29.6 Å². The second-order valence-corrected chi connectivity index (χ2v) is 6.59. The fourth-order valence-electron chi connectivity index (χ4n) is 2.91. The van der Waals surface area contributed by atoms with E-state index < -0.39 is 29.9 Å². The zero-order valence-corrected chi connectivity index (χ0v) is 15.5. The summed E-state index contributed by atoms with van der Waals surface area (Å²) in [5.41, 5.74) is -1.80. The normalized spacial score (nSPS) is 13.8. The number of rotatable bonds is 7. The molecule has 0 spiro atoms. The van der Waals surface area contributed by atoms with Crippen molar-refractivity contribution in [2.45, 2.75) is 31.3 Å². The van der Waals surface area contributed by atoms with Crippen LogP contribution in [0.25, 0.3) is 0 Å². The quantitative estimate of drug-likeness (QED) is 0.618. The molecular formula is C18H19F3N6O2. The molecule has 2 heterocycles. The fraction of sp³-hybridized carbons (Fsp3) is 0.333. The van der Waals surface area contributed by atoms with Crippen LogP contribution in [0.1, 0.15) is 23.4 Å². The largest absolute Gasteiger partial charge is 0.425 e. The van der Waals surface area contributed by atoms with Gasteiger partial charge >= 0.3 is 6.18 Å². The molecule has 154 valence electrons. The van der Waals surface area contributed by atoms with Crippen molar-refractivity contribution in [1.29, 1.82) is 0 Å². The molecule has 11 heteroatoms. The van der Waals surface area contributed by atoms with Crippen LogP contribution in [0.3, 0.4) is 0 Å². The Morgan fingerprint density at radius 3 is 2.66 bits per heavy atom. The van der Waals surface area contributed by atoms with Crippen molar-refractivity contribution >= 4 is 5.91 Å². The van der Waals surface area contributed by atoms with E-state index >= 15 is 0 Å². The number of hydrogen-bond acceptors (Lipinski definition) is 5. The minimum atomic E-state index is -5.07. The van der Waals surface area contributed by atoms with Gasteiger partial charge in [0.1, 0.15) is 12.7 Å². The van der Waals surface area contributed by atoms with Crippen molar-refractivity contribution in [3.8, 4) is 0 Å². The maximum atomic E-state index is 13.5. The molecule has 29 heavy (non-hydrogen) atoms. The Hall–Kier alpha value is -3.21. The van der Waals surface area contributed by atoms with Crippen molar-refractivity contribution < 1.29 is 23.1 Å². The molecule has 8 nitrogen and oxygen atoms in total. The first kappa shape index (κ1) is 20.5. The number of aliphatic hydroxyl groups is 1. The number of hydrogen-bond donors (Lipinski definition) is 2. The van der Waals surface area contributed by atoms with Gasteiger partial charge in [-0.15, -0.1) is 0 Å². The molecule has 3 rings (SSSR count). The molecule has 0 aliphatic carbocycles. The number of imidazole rings is 1. The van der Waals surface area contributed by atoms with Crippen LogP contribution in [-0.2, 0) is 30.5 Å². The first-order valence-electron chi connectivity index (χ1n) is 8.63. The SMILES string of the molecule is Cn1ccnc1C(O)(CC(=O)NCc1cccc(Cn2cncn2)c1)C(F)(F)F. The fourth-order valence-corrected chi connectivity index (χ4v) is 2.91. The molecule has 0 saturated carbocycles. The van der Waals surface area contributed by atoms with Crippen molar-refractivity contribution in [3.05, 3.63) is 66.3 Å². The van der Waals surface area contributed by atoms with Gasteiger partial charge in [-0.1, -0.05) is 24.3 Å². The molecular weight excluding hydrogens is 389 g/mol. The summed E-state index contributed by atoms with van der Waals surface area (Å²) >= 11 is 0. The summed E-state index contributed by atoms with van der Waals surface area (Å²) in [7, 11) is 1.32. The number of carbonyl (C=O) groups excluding carboxylic acids is 1. The highest BCUT2D eigenvalue weighted by molar-refractivity contribution is 5.77. The maximum Gasteiger partial charge on any atom is 0.425 e. The molecule has 2 aromatic heterocycles. The minimum Gasteiger partial charge on any atom is -0.374 e. The summed E-state index contributed by atoms with van der Waals surface area (Å²) in [4.78, 5) is 19.6. The Bertz CT molecular complexity index is 970. The highest BCUT2D eigenvalue weighted by Crippen LogP contribution is 2.40. The van der Waals surface area contributed by atoms with E-state index in [1.54, 1.807) is 29.2 Å². The topological polar surface area (TPSA) is 97.9 Å². The van der Waals surface area contributed by atoms with Crippen LogP contribution >= 0.6 is 0 Å². The van der Waals surface area contributed by atoms with Crippen LogP contribution in [-0.4, -0.2) is 41.5 Å². The Labute approximate surface area is 164 Å². The van der Waals surface area contributed by atoms with E-state index in [0.29, 0.717) is 12.1 Å². The average molecular weight is 408 g/mol. The van der Waals surface area contributed by atoms with Crippen LogP contribution in [0.4, 0.5) is 13.2 Å². The van der Waals surface area contributed by atoms with Crippen LogP contribution in [0.5, 0.6) is 0 Å². The van der Waals surface area contributed by atoms with Gasteiger partial charge in [0.25, 0.3) is 0 Å². The van der Waals surface area contributed by atoms with E-state index in [0.717, 1.165) is 16.3 Å². The van der Waals surface area contributed by atoms with Crippen LogP contribution < -0.4 is 5.32 Å². The molecule has 3 aromatic rings. The molecule has 2 N–H and O–H groups in total. The lowest BCUT2D eigenvalue weighted by Crippen LogP contribution is -2.47. The maximum absolute atomic E-state index is 13.5. The number of amides is 1. The predicted octanol–water partition coefficient (Wildman–Crippen LogP) is 1.52. The molecule has 1 aromatic carbocycles. The van der Waals surface area contributed by atoms with Gasteiger partial charge in [-0.05, 0) is 11.1 Å². The Balaban J connectivity index is 1.66. The van der Waals surface area contributed by atoms with Crippen molar-refractivity contribution in [2.24, 2.45) is 7.05 Å². The summed E-state index contributed by atoms with van der Waals surface area (Å²) in [6, 6.07) is 7.17. The van der Waals surface area contributed by atoms with Gasteiger partial charge in [0.15, 0.2) is 5.82 Å². The van der Waals surface area contributed by atoms with Gasteiger partial charge in [-0.3, -0.25) is 4.79 Å². The Morgan fingerprint density at radius 2 is 2.03 bits per heavy atom. The van der Waals surface area contributed by atoms with Gasteiger partial charge < -0.3 is 15.0 Å². The Kier molecular flexibility index (Phi) is 5.69. The predicted molar refractivity (Wildman–Crippen MR) is 95.2 cm³/mol. The summed E-state index contributed by atoms with van der Waals surface area (Å²) in [5, 5.41) is 16.7. The highest BCUT2D eigenvalue weighted by Gasteiger charge is 2.58. The minimum absolute atomic E-state index is 0.0124. The van der Waals surface area contributed by atoms with Gasteiger partial charge in [-0.25, -0.2) is 14.6 Å². The standard InChI is InChI=1S/C18H19F3N6O2/c1-26-6-5-23-16(26)17(29,18(19,20)21)8-15(28)24-9-13-3-2-4-14(7-13)10-27-12-22-11-25-27/h2-7,11-12,29H,8-10H2,1H3,(H,24,28). The zero-order chi connectivity index (χ0) is 21.1. The number of carbonyl (C=O) groups is 1. The molecule has 1 atom stereocenters. The molecule has 0 fully saturated rings. The smallest absolute Gasteiger partial charge is 0.374 e. The third kappa shape index (κ3) is 4.62. The van der Waals surface area contributed by atoms with E-state index in [4.69, 9.17) is 0 Å². The third-order valence-corrected chi connectivity index (χ3v) is 4.37. The number of aromatic nitrogens is 5. The van der Waals surface area contributed by atoms with Crippen molar-refractivity contribution in [2.75, 3.05) is 0 Å². The van der Waals surface area contributed by atoms with Gasteiger partial charge in [0.05, 0.1) is 13.0 Å². The van der Waals surface area contributed by atoms with E-state index in [9.17, 15) is 23.1 Å². The molecule has 0 radical (unpaired) electrons. The van der Waals surface area contributed by atoms with Gasteiger partial charge in [0, 0.05) is 26.0 Å². The summed E-state index contributed by atoms with van der Waals surface area (Å²) < 4.78 is 43.2. The summed E-state index contributed by atoms with van der Waals surface area (Å²) in [5.74, 6) is -1.59. The first-order chi connectivity index (χ1) is 13.7. The van der Waals surface area contributed by atoms with Crippen LogP contribution in [0.15, 0.2) is 49.3 Å². The van der Waals surface area contributed by atoms with Crippen LogP contribution in [0, 0.1) is 0 Å². The Morgan fingerprint density at radius 1 is 1.28 bits per heavy atom. The molecule has 1 unspecified atom stereocenters. The third-order valence-electron chi connectivity index (χ3n) is 4.37. The molecule has 0 bridgehead atoms. The summed E-state index contributed by atoms with van der Waals surface area (Å²) in [6.45, 7) is 0.479. The lowest BCUT2D eigenvalue weighted by molar-refractivity contribution is -0.271. The van der Waals surface area contributed by atoms with E-state index in [1.807, 2.05) is 6.07 Å². The molecule has 1 amide bonds. The lowest BCUT2D eigenvalue weighted by atomic mass is 9.97. The average Bonchev–Trinajstić information content (AvgIpc) is 3.31. The lowest BCUT2D eigenvalue weighted by Gasteiger charge is -2.29. The number of nitrogens with one attached hydrogen (secondary N) is 1. The monoisotopic (exact) mass is 408 g/mol. The highest BCUT2D eigenvalue weighted by atomic mass is 19.4. The van der Waals surface area contributed by atoms with Gasteiger partial charge in [0.2, 0.25) is 11.5 Å². The van der Waals surface area contributed by atoms with E-state index in [2.05, 4.69) is 20.4 Å². The molecule has 0 saturated heterocycles.